The molecular weight excluding hydrogens is 289 g/mol. The van der Waals surface area contributed by atoms with Crippen LogP contribution in [0.25, 0.3) is 0 Å². The molecular formula is C12H15F3N4O2. The lowest BCUT2D eigenvalue weighted by Gasteiger charge is -2.43. The van der Waals surface area contributed by atoms with Gasteiger partial charge in [-0.15, -0.1) is 10.2 Å². The molecule has 0 saturated carbocycles. The highest BCUT2D eigenvalue weighted by Crippen LogP contribution is 2.28. The van der Waals surface area contributed by atoms with Crippen LogP contribution >= 0.6 is 0 Å². The number of piperazine rings is 1. The van der Waals surface area contributed by atoms with E-state index in [1.807, 2.05) is 0 Å². The van der Waals surface area contributed by atoms with E-state index < -0.39 is 18.0 Å². The number of alkyl halides is 3. The van der Waals surface area contributed by atoms with Gasteiger partial charge in [-0.25, -0.2) is 4.79 Å². The largest absolute Gasteiger partial charge is 0.465 e. The van der Waals surface area contributed by atoms with Gasteiger partial charge in [-0.1, -0.05) is 0 Å². The minimum Gasteiger partial charge on any atom is -0.465 e. The van der Waals surface area contributed by atoms with Gasteiger partial charge in [0.2, 0.25) is 0 Å². The Morgan fingerprint density at radius 3 is 2.19 bits per heavy atom. The maximum Gasteiger partial charge on any atom is 0.435 e. The summed E-state index contributed by atoms with van der Waals surface area (Å²) in [5.74, 6) is 0.312. The molecule has 1 fully saturated rings. The molecule has 1 aliphatic heterocycles. The molecule has 2 atom stereocenters. The number of rotatable bonds is 1. The standard InChI is InChI=1S/C12H15F3N4O2/c1-7-5-18(6-8(2)19(7)11(20)21)10-4-3-9(16-17-10)12(13,14)15/h3-4,7-8H,5-6H2,1-2H3,(H,20,21)/t7-,8+. The first kappa shape index (κ1) is 15.3. The number of hydrogen-bond donors (Lipinski definition) is 1. The number of carbonyl (C=O) groups is 1. The van der Waals surface area contributed by atoms with Crippen LogP contribution in [0.2, 0.25) is 0 Å². The van der Waals surface area contributed by atoms with Crippen LogP contribution in [0.5, 0.6) is 0 Å². The summed E-state index contributed by atoms with van der Waals surface area (Å²) in [5.41, 5.74) is -1.04. The summed E-state index contributed by atoms with van der Waals surface area (Å²) >= 11 is 0. The summed E-state index contributed by atoms with van der Waals surface area (Å²) < 4.78 is 37.3. The molecule has 9 heteroatoms. The summed E-state index contributed by atoms with van der Waals surface area (Å²) in [5, 5.41) is 15.9. The normalized spacial score (nSPS) is 23.3. The van der Waals surface area contributed by atoms with Crippen LogP contribution in [0.3, 0.4) is 0 Å². The Hall–Kier alpha value is -2.06. The van der Waals surface area contributed by atoms with Gasteiger partial charge in [-0.3, -0.25) is 4.90 Å². The molecule has 2 rings (SSSR count). The minimum absolute atomic E-state index is 0.282. The first-order valence-corrected chi connectivity index (χ1v) is 6.37. The molecule has 1 N–H and O–H groups in total. The second kappa shape index (κ2) is 5.38. The predicted molar refractivity (Wildman–Crippen MR) is 68.0 cm³/mol. The van der Waals surface area contributed by atoms with Gasteiger partial charge in [-0.2, -0.15) is 13.2 Å². The fourth-order valence-corrected chi connectivity index (χ4v) is 2.53. The Labute approximate surface area is 119 Å². The lowest BCUT2D eigenvalue weighted by molar-refractivity contribution is -0.141. The highest BCUT2D eigenvalue weighted by molar-refractivity contribution is 5.66. The average Bonchev–Trinajstić information content (AvgIpc) is 2.36. The van der Waals surface area contributed by atoms with Crippen LogP contribution in [-0.4, -0.2) is 51.5 Å². The Kier molecular flexibility index (Phi) is 3.93. The van der Waals surface area contributed by atoms with Gasteiger partial charge < -0.3 is 10.0 Å². The van der Waals surface area contributed by atoms with E-state index in [0.717, 1.165) is 6.07 Å². The molecule has 21 heavy (non-hydrogen) atoms. The van der Waals surface area contributed by atoms with Gasteiger partial charge in [-0.05, 0) is 26.0 Å². The van der Waals surface area contributed by atoms with Crippen molar-refractivity contribution < 1.29 is 23.1 Å². The number of halogens is 3. The topological polar surface area (TPSA) is 69.6 Å². The van der Waals surface area contributed by atoms with E-state index in [-0.39, 0.29) is 12.1 Å². The number of aromatic nitrogens is 2. The molecule has 0 spiro atoms. The zero-order chi connectivity index (χ0) is 15.8. The number of hydrogen-bond acceptors (Lipinski definition) is 4. The van der Waals surface area contributed by atoms with E-state index in [0.29, 0.717) is 18.9 Å². The van der Waals surface area contributed by atoms with E-state index in [2.05, 4.69) is 10.2 Å². The van der Waals surface area contributed by atoms with Crippen LogP contribution in [0.1, 0.15) is 19.5 Å². The minimum atomic E-state index is -4.52. The van der Waals surface area contributed by atoms with Crippen molar-refractivity contribution in [2.45, 2.75) is 32.1 Å². The van der Waals surface area contributed by atoms with Crippen molar-refractivity contribution in [3.8, 4) is 0 Å². The number of nitrogens with zero attached hydrogens (tertiary/aromatic N) is 4. The third-order valence-corrected chi connectivity index (χ3v) is 3.40. The molecule has 0 unspecified atom stereocenters. The molecule has 6 nitrogen and oxygen atoms in total. The lowest BCUT2D eigenvalue weighted by Crippen LogP contribution is -2.58. The first-order chi connectivity index (χ1) is 9.70. The second-order valence-electron chi connectivity index (χ2n) is 5.07. The number of amides is 1. The molecule has 1 saturated heterocycles. The first-order valence-electron chi connectivity index (χ1n) is 6.37. The Bertz CT molecular complexity index is 508. The summed E-state index contributed by atoms with van der Waals surface area (Å²) in [6.45, 7) is 4.20. The van der Waals surface area contributed by atoms with Crippen molar-refractivity contribution in [2.75, 3.05) is 18.0 Å². The van der Waals surface area contributed by atoms with Crippen LogP contribution in [-0.2, 0) is 6.18 Å². The van der Waals surface area contributed by atoms with Crippen LogP contribution in [0, 0.1) is 0 Å². The number of carboxylic acid groups (broad SMARTS) is 1. The molecule has 0 bridgehead atoms. The van der Waals surface area contributed by atoms with Gasteiger partial charge in [0, 0.05) is 13.1 Å². The average molecular weight is 304 g/mol. The zero-order valence-corrected chi connectivity index (χ0v) is 11.5. The van der Waals surface area contributed by atoms with Gasteiger partial charge >= 0.3 is 12.3 Å². The SMILES string of the molecule is C[C@@H]1CN(c2ccc(C(F)(F)F)nn2)C[C@H](C)N1C(=O)O. The van der Waals surface area contributed by atoms with E-state index in [4.69, 9.17) is 5.11 Å². The molecule has 2 heterocycles. The monoisotopic (exact) mass is 304 g/mol. The van der Waals surface area contributed by atoms with Crippen molar-refractivity contribution in [3.63, 3.8) is 0 Å². The van der Waals surface area contributed by atoms with E-state index in [1.54, 1.807) is 18.7 Å². The van der Waals surface area contributed by atoms with Gasteiger partial charge in [0.1, 0.15) is 0 Å². The molecule has 1 aromatic heterocycles. The van der Waals surface area contributed by atoms with E-state index >= 15 is 0 Å². The molecule has 116 valence electrons. The zero-order valence-electron chi connectivity index (χ0n) is 11.5. The summed E-state index contributed by atoms with van der Waals surface area (Å²) in [4.78, 5) is 14.2. The van der Waals surface area contributed by atoms with Crippen LogP contribution in [0.4, 0.5) is 23.8 Å². The summed E-state index contributed by atoms with van der Waals surface area (Å²) in [6.07, 6.45) is -5.53. The smallest absolute Gasteiger partial charge is 0.435 e. The quantitative estimate of drug-likeness (QED) is 0.860. The lowest BCUT2D eigenvalue weighted by atomic mass is 10.1. The number of anilines is 1. The van der Waals surface area contributed by atoms with Crippen molar-refractivity contribution in [2.24, 2.45) is 0 Å². The van der Waals surface area contributed by atoms with E-state index in [9.17, 15) is 18.0 Å². The molecule has 1 aromatic rings. The van der Waals surface area contributed by atoms with Crippen molar-refractivity contribution in [1.82, 2.24) is 15.1 Å². The third kappa shape index (κ3) is 3.17. The van der Waals surface area contributed by atoms with E-state index in [1.165, 1.54) is 11.0 Å². The van der Waals surface area contributed by atoms with Gasteiger partial charge in [0.15, 0.2) is 11.5 Å². The Morgan fingerprint density at radius 2 is 1.81 bits per heavy atom. The summed E-state index contributed by atoms with van der Waals surface area (Å²) in [7, 11) is 0. The Morgan fingerprint density at radius 1 is 1.24 bits per heavy atom. The van der Waals surface area contributed by atoms with Gasteiger partial charge in [0.25, 0.3) is 0 Å². The Balaban J connectivity index is 2.15. The van der Waals surface area contributed by atoms with Crippen LogP contribution < -0.4 is 4.90 Å². The maximum atomic E-state index is 12.4. The second-order valence-corrected chi connectivity index (χ2v) is 5.07. The highest BCUT2D eigenvalue weighted by Gasteiger charge is 2.35. The maximum absolute atomic E-state index is 12.4. The third-order valence-electron chi connectivity index (χ3n) is 3.40. The summed E-state index contributed by atoms with van der Waals surface area (Å²) in [6, 6.07) is 1.57. The predicted octanol–water partition coefficient (Wildman–Crippen LogP) is 2.07. The van der Waals surface area contributed by atoms with Crippen LogP contribution in [0.15, 0.2) is 12.1 Å². The molecule has 1 aliphatic rings. The fraction of sp³-hybridized carbons (Fsp3) is 0.583. The highest BCUT2D eigenvalue weighted by atomic mass is 19.4. The molecule has 0 aliphatic carbocycles. The molecule has 0 aromatic carbocycles. The molecule has 0 radical (unpaired) electrons. The molecule has 1 amide bonds. The fourth-order valence-electron chi connectivity index (χ4n) is 2.53. The van der Waals surface area contributed by atoms with Crippen molar-refractivity contribution >= 4 is 11.9 Å². The van der Waals surface area contributed by atoms with Crippen molar-refractivity contribution in [1.29, 1.82) is 0 Å². The van der Waals surface area contributed by atoms with Gasteiger partial charge in [0.05, 0.1) is 12.1 Å². The van der Waals surface area contributed by atoms with Crippen molar-refractivity contribution in [3.05, 3.63) is 17.8 Å².